The second kappa shape index (κ2) is 4.68. The van der Waals surface area contributed by atoms with Gasteiger partial charge < -0.3 is 10.8 Å². The Hall–Kier alpha value is -1.00. The fourth-order valence-electron chi connectivity index (χ4n) is 1.33. The Morgan fingerprint density at radius 3 is 2.27 bits per heavy atom. The van der Waals surface area contributed by atoms with Crippen molar-refractivity contribution in [2.24, 2.45) is 11.7 Å². The van der Waals surface area contributed by atoms with Crippen molar-refractivity contribution in [2.75, 3.05) is 0 Å². The van der Waals surface area contributed by atoms with Crippen molar-refractivity contribution in [3.05, 3.63) is 35.4 Å². The highest BCUT2D eigenvalue weighted by molar-refractivity contribution is 5.22. The van der Waals surface area contributed by atoms with Gasteiger partial charge in [-0.3, -0.25) is 0 Å². The van der Waals surface area contributed by atoms with Crippen LogP contribution in [0.1, 0.15) is 25.5 Å². The molecule has 0 saturated carbocycles. The van der Waals surface area contributed by atoms with E-state index in [2.05, 4.69) is 0 Å². The van der Waals surface area contributed by atoms with Crippen LogP contribution in [0.15, 0.2) is 18.2 Å². The minimum Gasteiger partial charge on any atom is -0.391 e. The van der Waals surface area contributed by atoms with Gasteiger partial charge in [-0.05, 0) is 23.6 Å². The predicted octanol–water partition coefficient (Wildman–Crippen LogP) is 1.98. The zero-order chi connectivity index (χ0) is 11.6. The Labute approximate surface area is 87.7 Å². The van der Waals surface area contributed by atoms with Crippen molar-refractivity contribution in [3.8, 4) is 0 Å². The maximum Gasteiger partial charge on any atom is 0.159 e. The fourth-order valence-corrected chi connectivity index (χ4v) is 1.33. The standard InChI is InChI=1S/C11H15F2NO/c1-6(2)11(15)10(14)7-3-4-8(12)9(13)5-7/h3-6,10-11,15H,14H2,1-2H3. The minimum atomic E-state index is -0.945. The molecule has 15 heavy (non-hydrogen) atoms. The molecule has 2 unspecified atom stereocenters. The van der Waals surface area contributed by atoms with E-state index in [0.29, 0.717) is 5.56 Å². The molecule has 4 heteroatoms. The normalized spacial score (nSPS) is 15.4. The van der Waals surface area contributed by atoms with Crippen LogP contribution in [0.25, 0.3) is 0 Å². The Morgan fingerprint density at radius 1 is 1.20 bits per heavy atom. The van der Waals surface area contributed by atoms with Crippen LogP contribution in [0, 0.1) is 17.6 Å². The van der Waals surface area contributed by atoms with Gasteiger partial charge in [0, 0.05) is 0 Å². The zero-order valence-corrected chi connectivity index (χ0v) is 8.74. The Morgan fingerprint density at radius 2 is 1.80 bits per heavy atom. The van der Waals surface area contributed by atoms with Crippen molar-refractivity contribution in [1.82, 2.24) is 0 Å². The molecule has 0 heterocycles. The number of rotatable bonds is 3. The van der Waals surface area contributed by atoms with Crippen molar-refractivity contribution >= 4 is 0 Å². The molecule has 1 aromatic rings. The van der Waals surface area contributed by atoms with Crippen LogP contribution >= 0.6 is 0 Å². The summed E-state index contributed by atoms with van der Waals surface area (Å²) in [6, 6.07) is 2.72. The molecule has 0 bridgehead atoms. The van der Waals surface area contributed by atoms with E-state index in [1.807, 2.05) is 13.8 Å². The van der Waals surface area contributed by atoms with Crippen molar-refractivity contribution in [3.63, 3.8) is 0 Å². The third kappa shape index (κ3) is 2.73. The summed E-state index contributed by atoms with van der Waals surface area (Å²) in [5.41, 5.74) is 6.12. The summed E-state index contributed by atoms with van der Waals surface area (Å²) < 4.78 is 25.5. The zero-order valence-electron chi connectivity index (χ0n) is 8.74. The van der Waals surface area contributed by atoms with Gasteiger partial charge in [0.05, 0.1) is 12.1 Å². The SMILES string of the molecule is CC(C)C(O)C(N)c1ccc(F)c(F)c1. The second-order valence-corrected chi connectivity index (χ2v) is 3.93. The van der Waals surface area contributed by atoms with Crippen LogP contribution in [-0.4, -0.2) is 11.2 Å². The lowest BCUT2D eigenvalue weighted by molar-refractivity contribution is 0.0978. The summed E-state index contributed by atoms with van der Waals surface area (Å²) in [5.74, 6) is -1.89. The molecule has 0 amide bonds. The summed E-state index contributed by atoms with van der Waals surface area (Å²) >= 11 is 0. The van der Waals surface area contributed by atoms with Crippen molar-refractivity contribution < 1.29 is 13.9 Å². The summed E-state index contributed by atoms with van der Waals surface area (Å²) in [6.07, 6.45) is -0.769. The molecule has 84 valence electrons. The number of hydrogen-bond acceptors (Lipinski definition) is 2. The number of aliphatic hydroxyl groups excluding tert-OH is 1. The molecule has 2 atom stereocenters. The summed E-state index contributed by atoms with van der Waals surface area (Å²) in [7, 11) is 0. The molecule has 0 aliphatic rings. The van der Waals surface area contributed by atoms with Gasteiger partial charge in [0.25, 0.3) is 0 Å². The first-order valence-electron chi connectivity index (χ1n) is 4.82. The molecule has 2 nitrogen and oxygen atoms in total. The summed E-state index contributed by atoms with van der Waals surface area (Å²) in [6.45, 7) is 3.62. The molecule has 0 aliphatic heterocycles. The van der Waals surface area contributed by atoms with Gasteiger partial charge in [-0.1, -0.05) is 19.9 Å². The molecular weight excluding hydrogens is 200 g/mol. The highest BCUT2D eigenvalue weighted by Gasteiger charge is 2.20. The molecule has 0 radical (unpaired) electrons. The number of aliphatic hydroxyl groups is 1. The largest absolute Gasteiger partial charge is 0.391 e. The van der Waals surface area contributed by atoms with Crippen LogP contribution in [-0.2, 0) is 0 Å². The molecule has 0 spiro atoms. The third-order valence-corrected chi connectivity index (χ3v) is 2.38. The van der Waals surface area contributed by atoms with Crippen LogP contribution in [0.5, 0.6) is 0 Å². The molecule has 0 fully saturated rings. The number of benzene rings is 1. The number of hydrogen-bond donors (Lipinski definition) is 2. The third-order valence-electron chi connectivity index (χ3n) is 2.38. The van der Waals surface area contributed by atoms with E-state index in [4.69, 9.17) is 5.73 Å². The summed E-state index contributed by atoms with van der Waals surface area (Å²) in [4.78, 5) is 0. The molecular formula is C11H15F2NO. The van der Waals surface area contributed by atoms with Gasteiger partial charge in [0.2, 0.25) is 0 Å². The average Bonchev–Trinajstić information content (AvgIpc) is 2.19. The van der Waals surface area contributed by atoms with E-state index in [1.165, 1.54) is 6.07 Å². The van der Waals surface area contributed by atoms with E-state index in [1.54, 1.807) is 0 Å². The summed E-state index contributed by atoms with van der Waals surface area (Å²) in [5, 5.41) is 9.67. The molecule has 3 N–H and O–H groups in total. The lowest BCUT2D eigenvalue weighted by atomic mass is 9.94. The van der Waals surface area contributed by atoms with Gasteiger partial charge in [-0.25, -0.2) is 8.78 Å². The number of nitrogens with two attached hydrogens (primary N) is 1. The maximum atomic E-state index is 12.9. The van der Waals surface area contributed by atoms with Gasteiger partial charge in [0.1, 0.15) is 0 Å². The molecule has 1 rings (SSSR count). The van der Waals surface area contributed by atoms with Crippen molar-refractivity contribution in [2.45, 2.75) is 26.0 Å². The van der Waals surface area contributed by atoms with E-state index < -0.39 is 23.8 Å². The van der Waals surface area contributed by atoms with E-state index in [0.717, 1.165) is 12.1 Å². The maximum absolute atomic E-state index is 12.9. The fraction of sp³-hybridized carbons (Fsp3) is 0.455. The van der Waals surface area contributed by atoms with E-state index >= 15 is 0 Å². The van der Waals surface area contributed by atoms with Gasteiger partial charge in [-0.15, -0.1) is 0 Å². The van der Waals surface area contributed by atoms with Gasteiger partial charge in [0.15, 0.2) is 11.6 Å². The lowest BCUT2D eigenvalue weighted by Gasteiger charge is -2.22. The first kappa shape index (κ1) is 12.1. The highest BCUT2D eigenvalue weighted by Crippen LogP contribution is 2.21. The highest BCUT2D eigenvalue weighted by atomic mass is 19.2. The van der Waals surface area contributed by atoms with Crippen molar-refractivity contribution in [1.29, 1.82) is 0 Å². The van der Waals surface area contributed by atoms with Crippen LogP contribution < -0.4 is 5.73 Å². The lowest BCUT2D eigenvalue weighted by Crippen LogP contribution is -2.30. The Balaban J connectivity index is 2.91. The average molecular weight is 215 g/mol. The van der Waals surface area contributed by atoms with E-state index in [-0.39, 0.29) is 5.92 Å². The quantitative estimate of drug-likeness (QED) is 0.809. The Kier molecular flexibility index (Phi) is 3.77. The van der Waals surface area contributed by atoms with Crippen LogP contribution in [0.4, 0.5) is 8.78 Å². The van der Waals surface area contributed by atoms with E-state index in [9.17, 15) is 13.9 Å². The first-order chi connectivity index (χ1) is 6.93. The van der Waals surface area contributed by atoms with Gasteiger partial charge in [-0.2, -0.15) is 0 Å². The topological polar surface area (TPSA) is 46.2 Å². The smallest absolute Gasteiger partial charge is 0.159 e. The van der Waals surface area contributed by atoms with Gasteiger partial charge >= 0.3 is 0 Å². The molecule has 0 aliphatic carbocycles. The first-order valence-corrected chi connectivity index (χ1v) is 4.82. The molecule has 1 aromatic carbocycles. The predicted molar refractivity (Wildman–Crippen MR) is 54.1 cm³/mol. The minimum absolute atomic E-state index is 0.0342. The molecule has 0 saturated heterocycles. The monoisotopic (exact) mass is 215 g/mol. The Bertz CT molecular complexity index is 341. The van der Waals surface area contributed by atoms with Crippen LogP contribution in [0.3, 0.4) is 0 Å². The number of halogens is 2. The second-order valence-electron chi connectivity index (χ2n) is 3.93. The van der Waals surface area contributed by atoms with Crippen LogP contribution in [0.2, 0.25) is 0 Å². The molecule has 0 aromatic heterocycles.